The van der Waals surface area contributed by atoms with Gasteiger partial charge >= 0.3 is 0 Å². The minimum atomic E-state index is -3.50. The van der Waals surface area contributed by atoms with Gasteiger partial charge in [0.2, 0.25) is 0 Å². The average molecular weight is 307 g/mol. The number of sulfonamides is 1. The van der Waals surface area contributed by atoms with Gasteiger partial charge in [0, 0.05) is 44.8 Å². The van der Waals surface area contributed by atoms with Crippen LogP contribution < -0.4 is 5.32 Å². The number of imidazole rings is 1. The Kier molecular flexibility index (Phi) is 3.64. The number of anilines is 1. The van der Waals surface area contributed by atoms with Crippen molar-refractivity contribution in [3.63, 3.8) is 0 Å². The summed E-state index contributed by atoms with van der Waals surface area (Å²) in [4.78, 5) is 7.98. The van der Waals surface area contributed by atoms with Crippen molar-refractivity contribution in [2.24, 2.45) is 7.05 Å². The van der Waals surface area contributed by atoms with E-state index in [1.165, 1.54) is 16.8 Å². The summed E-state index contributed by atoms with van der Waals surface area (Å²) in [5.74, 6) is 0. The van der Waals surface area contributed by atoms with Crippen LogP contribution >= 0.6 is 0 Å². The summed E-state index contributed by atoms with van der Waals surface area (Å²) in [5.41, 5.74) is 0.902. The Balaban J connectivity index is 1.69. The van der Waals surface area contributed by atoms with Gasteiger partial charge in [-0.15, -0.1) is 0 Å². The number of pyridine rings is 1. The van der Waals surface area contributed by atoms with Gasteiger partial charge in [-0.1, -0.05) is 0 Å². The van der Waals surface area contributed by atoms with Gasteiger partial charge in [0.25, 0.3) is 10.0 Å². The molecule has 1 atom stereocenters. The monoisotopic (exact) mass is 307 g/mol. The van der Waals surface area contributed by atoms with Crippen LogP contribution in [0.3, 0.4) is 0 Å². The Morgan fingerprint density at radius 2 is 2.29 bits per heavy atom. The fourth-order valence-electron chi connectivity index (χ4n) is 2.40. The van der Waals surface area contributed by atoms with E-state index in [4.69, 9.17) is 0 Å². The van der Waals surface area contributed by atoms with Crippen LogP contribution in [0.2, 0.25) is 0 Å². The van der Waals surface area contributed by atoms with E-state index >= 15 is 0 Å². The molecule has 7 nitrogen and oxygen atoms in total. The Morgan fingerprint density at radius 3 is 2.95 bits per heavy atom. The zero-order valence-corrected chi connectivity index (χ0v) is 12.5. The van der Waals surface area contributed by atoms with E-state index in [9.17, 15) is 8.42 Å². The molecule has 0 amide bonds. The molecule has 2 aromatic rings. The number of nitrogens with one attached hydrogen (secondary N) is 1. The second-order valence-electron chi connectivity index (χ2n) is 5.11. The van der Waals surface area contributed by atoms with E-state index < -0.39 is 10.0 Å². The summed E-state index contributed by atoms with van der Waals surface area (Å²) in [6, 6.07) is 3.86. The first-order chi connectivity index (χ1) is 10.1. The van der Waals surface area contributed by atoms with Crippen molar-refractivity contribution in [3.8, 4) is 0 Å². The van der Waals surface area contributed by atoms with Crippen LogP contribution in [0.4, 0.5) is 5.69 Å². The third-order valence-corrected chi connectivity index (χ3v) is 5.22. The number of aryl methyl sites for hydroxylation is 1. The van der Waals surface area contributed by atoms with Crippen molar-refractivity contribution in [2.75, 3.05) is 18.4 Å². The molecule has 0 bridgehead atoms. The summed E-state index contributed by atoms with van der Waals surface area (Å²) in [5, 5.41) is 3.41. The molecule has 1 aliphatic rings. The summed E-state index contributed by atoms with van der Waals surface area (Å²) < 4.78 is 28.0. The maximum Gasteiger partial charge on any atom is 0.262 e. The standard InChI is InChI=1S/C13H17N5O2S/c1-17-9-13(15-10-17)21(19,20)18-6-4-12(8-18)16-11-3-2-5-14-7-11/h2-3,5,7,9-10,12,16H,4,6,8H2,1H3/t12-/m0/s1. The van der Waals surface area contributed by atoms with Crippen LogP contribution in [-0.2, 0) is 17.1 Å². The molecule has 3 heterocycles. The highest BCUT2D eigenvalue weighted by Gasteiger charge is 2.33. The molecule has 0 radical (unpaired) electrons. The maximum absolute atomic E-state index is 12.5. The van der Waals surface area contributed by atoms with Crippen molar-refractivity contribution >= 4 is 15.7 Å². The van der Waals surface area contributed by atoms with Gasteiger partial charge in [0.15, 0.2) is 5.03 Å². The zero-order chi connectivity index (χ0) is 14.9. The number of hydrogen-bond donors (Lipinski definition) is 1. The number of aromatic nitrogens is 3. The van der Waals surface area contributed by atoms with Gasteiger partial charge in [-0.2, -0.15) is 4.31 Å². The van der Waals surface area contributed by atoms with E-state index in [1.807, 2.05) is 12.1 Å². The summed E-state index contributed by atoms with van der Waals surface area (Å²) in [6.45, 7) is 0.935. The minimum absolute atomic E-state index is 0.0905. The van der Waals surface area contributed by atoms with E-state index in [0.717, 1.165) is 12.1 Å². The van der Waals surface area contributed by atoms with Crippen molar-refractivity contribution in [1.82, 2.24) is 18.8 Å². The molecule has 0 spiro atoms. The molecule has 8 heteroatoms. The fraction of sp³-hybridized carbons (Fsp3) is 0.385. The summed E-state index contributed by atoms with van der Waals surface area (Å²) in [7, 11) is -1.74. The average Bonchev–Trinajstić information content (AvgIpc) is 3.10. The second kappa shape index (κ2) is 5.45. The zero-order valence-electron chi connectivity index (χ0n) is 11.7. The molecule has 21 heavy (non-hydrogen) atoms. The smallest absolute Gasteiger partial charge is 0.262 e. The first kappa shape index (κ1) is 14.0. The predicted octanol–water partition coefficient (Wildman–Crippen LogP) is 0.690. The van der Waals surface area contributed by atoms with Crippen LogP contribution in [0.1, 0.15) is 6.42 Å². The lowest BCUT2D eigenvalue weighted by molar-refractivity contribution is 0.472. The molecule has 0 aromatic carbocycles. The maximum atomic E-state index is 12.5. The first-order valence-electron chi connectivity index (χ1n) is 6.70. The first-order valence-corrected chi connectivity index (χ1v) is 8.14. The molecule has 1 aliphatic heterocycles. The highest BCUT2D eigenvalue weighted by Crippen LogP contribution is 2.21. The highest BCUT2D eigenvalue weighted by molar-refractivity contribution is 7.89. The number of rotatable bonds is 4. The molecular weight excluding hydrogens is 290 g/mol. The van der Waals surface area contributed by atoms with E-state index in [0.29, 0.717) is 13.1 Å². The molecule has 0 aliphatic carbocycles. The molecule has 2 aromatic heterocycles. The predicted molar refractivity (Wildman–Crippen MR) is 78.2 cm³/mol. The van der Waals surface area contributed by atoms with Gasteiger partial charge in [0.05, 0.1) is 12.0 Å². The Hall–Kier alpha value is -1.93. The van der Waals surface area contributed by atoms with Crippen molar-refractivity contribution < 1.29 is 8.42 Å². The third-order valence-electron chi connectivity index (χ3n) is 3.47. The van der Waals surface area contributed by atoms with Crippen LogP contribution in [0.5, 0.6) is 0 Å². The molecule has 1 saturated heterocycles. The van der Waals surface area contributed by atoms with Crippen LogP contribution in [-0.4, -0.2) is 46.4 Å². The van der Waals surface area contributed by atoms with Gasteiger partial charge in [-0.25, -0.2) is 13.4 Å². The third kappa shape index (κ3) is 2.91. The topological polar surface area (TPSA) is 80.1 Å². The van der Waals surface area contributed by atoms with Crippen molar-refractivity contribution in [3.05, 3.63) is 37.1 Å². The van der Waals surface area contributed by atoms with Crippen molar-refractivity contribution in [2.45, 2.75) is 17.5 Å². The lowest BCUT2D eigenvalue weighted by Gasteiger charge is -2.16. The minimum Gasteiger partial charge on any atom is -0.380 e. The molecule has 0 unspecified atom stereocenters. The lowest BCUT2D eigenvalue weighted by atomic mass is 10.2. The number of nitrogens with zero attached hydrogens (tertiary/aromatic N) is 4. The largest absolute Gasteiger partial charge is 0.380 e. The van der Waals surface area contributed by atoms with E-state index in [2.05, 4.69) is 15.3 Å². The van der Waals surface area contributed by atoms with Gasteiger partial charge in [-0.05, 0) is 18.6 Å². The Morgan fingerprint density at radius 1 is 1.43 bits per heavy atom. The van der Waals surface area contributed by atoms with E-state index in [-0.39, 0.29) is 11.1 Å². The molecule has 112 valence electrons. The van der Waals surface area contributed by atoms with Crippen LogP contribution in [0.25, 0.3) is 0 Å². The number of hydrogen-bond acceptors (Lipinski definition) is 5. The fourth-order valence-corrected chi connectivity index (χ4v) is 3.87. The quantitative estimate of drug-likeness (QED) is 0.899. The molecule has 1 fully saturated rings. The summed E-state index contributed by atoms with van der Waals surface area (Å²) >= 11 is 0. The van der Waals surface area contributed by atoms with Gasteiger partial charge < -0.3 is 9.88 Å². The lowest BCUT2D eigenvalue weighted by Crippen LogP contribution is -2.31. The molecule has 3 rings (SSSR count). The Labute approximate surface area is 123 Å². The van der Waals surface area contributed by atoms with Crippen LogP contribution in [0.15, 0.2) is 42.1 Å². The highest BCUT2D eigenvalue weighted by atomic mass is 32.2. The van der Waals surface area contributed by atoms with Gasteiger partial charge in [-0.3, -0.25) is 4.98 Å². The molecule has 1 N–H and O–H groups in total. The summed E-state index contributed by atoms with van der Waals surface area (Å²) in [6.07, 6.45) is 7.22. The van der Waals surface area contributed by atoms with Crippen molar-refractivity contribution in [1.29, 1.82) is 0 Å². The molecular formula is C13H17N5O2S. The Bertz CT molecular complexity index is 713. The SMILES string of the molecule is Cn1cnc(S(=O)(=O)N2CC[C@H](Nc3cccnc3)C2)c1. The second-order valence-corrected chi connectivity index (χ2v) is 7.00. The van der Waals surface area contributed by atoms with Gasteiger partial charge in [0.1, 0.15) is 0 Å². The van der Waals surface area contributed by atoms with Crippen LogP contribution in [0, 0.1) is 0 Å². The van der Waals surface area contributed by atoms with E-state index in [1.54, 1.807) is 24.0 Å². The molecule has 0 saturated carbocycles. The normalized spacial score (nSPS) is 19.8.